The first kappa shape index (κ1) is 21.5. The number of imide groups is 1. The van der Waals surface area contributed by atoms with Gasteiger partial charge >= 0.3 is 5.97 Å². The molecule has 0 unspecified atom stereocenters. The van der Waals surface area contributed by atoms with Crippen molar-refractivity contribution in [1.82, 2.24) is 4.90 Å². The lowest BCUT2D eigenvalue weighted by Crippen LogP contribution is -2.46. The molecule has 1 aliphatic rings. The number of hydrogen-bond donors (Lipinski definition) is 1. The van der Waals surface area contributed by atoms with E-state index in [2.05, 4.69) is 5.32 Å². The van der Waals surface area contributed by atoms with Crippen molar-refractivity contribution in [3.8, 4) is 0 Å². The van der Waals surface area contributed by atoms with Crippen LogP contribution in [0.1, 0.15) is 41.0 Å². The number of ether oxygens (including phenoxy) is 1. The lowest BCUT2D eigenvalue weighted by molar-refractivity contribution is -0.151. The number of hydrogen-bond acceptors (Lipinski definition) is 5. The summed E-state index contributed by atoms with van der Waals surface area (Å²) in [6, 6.07) is 11.9. The summed E-state index contributed by atoms with van der Waals surface area (Å²) in [6.07, 6.45) is 0.219. The third-order valence-corrected chi connectivity index (χ3v) is 4.93. The Kier molecular flexibility index (Phi) is 6.52. The number of carbonyl (C=O) groups excluding carboxylic acids is 4. The molecular weight excluding hydrogens is 408 g/mol. The summed E-state index contributed by atoms with van der Waals surface area (Å²) >= 11 is 6.00. The van der Waals surface area contributed by atoms with Crippen LogP contribution in [0.3, 0.4) is 0 Å². The first-order valence-corrected chi connectivity index (χ1v) is 9.85. The van der Waals surface area contributed by atoms with Crippen molar-refractivity contribution in [2.75, 3.05) is 11.9 Å². The lowest BCUT2D eigenvalue weighted by Gasteiger charge is -2.25. The standard InChI is InChI=1S/C22H21ClN2O5/c1-13(2)11-18(25-20(27)14-7-3-4-8-15(14)21(25)28)22(29)30-12-19(26)24-17-10-6-5-9-16(17)23/h3-10,13,18H,11-12H2,1-2H3,(H,24,26)/t18-/m0/s1. The minimum absolute atomic E-state index is 0.00353. The van der Waals surface area contributed by atoms with E-state index in [1.54, 1.807) is 48.5 Å². The molecule has 1 heterocycles. The molecule has 7 nitrogen and oxygen atoms in total. The van der Waals surface area contributed by atoms with Gasteiger partial charge in [-0.3, -0.25) is 19.3 Å². The Bertz CT molecular complexity index is 970. The van der Waals surface area contributed by atoms with Gasteiger partial charge in [0.25, 0.3) is 17.7 Å². The summed E-state index contributed by atoms with van der Waals surface area (Å²) in [4.78, 5) is 51.3. The number of para-hydroxylation sites is 1. The van der Waals surface area contributed by atoms with Crippen LogP contribution in [0, 0.1) is 5.92 Å². The molecule has 3 rings (SSSR count). The molecule has 1 aliphatic heterocycles. The van der Waals surface area contributed by atoms with Crippen molar-refractivity contribution < 1.29 is 23.9 Å². The first-order valence-electron chi connectivity index (χ1n) is 9.47. The molecule has 2 aromatic rings. The molecule has 0 bridgehead atoms. The number of fused-ring (bicyclic) bond motifs is 1. The number of esters is 1. The van der Waals surface area contributed by atoms with Crippen molar-refractivity contribution in [1.29, 1.82) is 0 Å². The average molecular weight is 429 g/mol. The van der Waals surface area contributed by atoms with E-state index in [-0.39, 0.29) is 23.5 Å². The predicted molar refractivity (Wildman–Crippen MR) is 111 cm³/mol. The molecule has 0 fully saturated rings. The molecule has 1 atom stereocenters. The number of rotatable bonds is 7. The fourth-order valence-corrected chi connectivity index (χ4v) is 3.41. The lowest BCUT2D eigenvalue weighted by atomic mass is 10.0. The highest BCUT2D eigenvalue weighted by molar-refractivity contribution is 6.33. The predicted octanol–water partition coefficient (Wildman–Crippen LogP) is 3.53. The summed E-state index contributed by atoms with van der Waals surface area (Å²) in [5, 5.41) is 2.90. The SMILES string of the molecule is CC(C)C[C@@H](C(=O)OCC(=O)Nc1ccccc1Cl)N1C(=O)c2ccccc2C1=O. The number of nitrogens with zero attached hydrogens (tertiary/aromatic N) is 1. The van der Waals surface area contributed by atoms with Gasteiger partial charge < -0.3 is 10.1 Å². The first-order chi connectivity index (χ1) is 14.3. The molecule has 30 heavy (non-hydrogen) atoms. The van der Waals surface area contributed by atoms with Crippen molar-refractivity contribution in [2.45, 2.75) is 26.3 Å². The minimum Gasteiger partial charge on any atom is -0.454 e. The van der Waals surface area contributed by atoms with E-state index >= 15 is 0 Å². The van der Waals surface area contributed by atoms with Gasteiger partial charge in [0.15, 0.2) is 6.61 Å². The third kappa shape index (κ3) is 4.52. The zero-order chi connectivity index (χ0) is 21.8. The van der Waals surface area contributed by atoms with Gasteiger partial charge in [-0.05, 0) is 36.6 Å². The van der Waals surface area contributed by atoms with Crippen molar-refractivity contribution in [2.24, 2.45) is 5.92 Å². The highest BCUT2D eigenvalue weighted by Crippen LogP contribution is 2.27. The van der Waals surface area contributed by atoms with E-state index in [9.17, 15) is 19.2 Å². The Labute approximate surface area is 179 Å². The number of benzene rings is 2. The van der Waals surface area contributed by atoms with E-state index in [1.807, 2.05) is 13.8 Å². The summed E-state index contributed by atoms with van der Waals surface area (Å²) in [5.74, 6) is -2.48. The van der Waals surface area contributed by atoms with Gasteiger partial charge in [-0.25, -0.2) is 4.79 Å². The number of anilines is 1. The maximum atomic E-state index is 12.8. The smallest absolute Gasteiger partial charge is 0.329 e. The molecule has 8 heteroatoms. The van der Waals surface area contributed by atoms with Crippen LogP contribution in [0.15, 0.2) is 48.5 Å². The zero-order valence-corrected chi connectivity index (χ0v) is 17.3. The molecule has 0 aromatic heterocycles. The van der Waals surface area contributed by atoms with Gasteiger partial charge in [0, 0.05) is 0 Å². The Morgan fingerprint density at radius 3 is 2.13 bits per heavy atom. The second-order valence-corrected chi connectivity index (χ2v) is 7.71. The van der Waals surface area contributed by atoms with Crippen LogP contribution in [0.25, 0.3) is 0 Å². The van der Waals surface area contributed by atoms with Crippen LogP contribution in [-0.4, -0.2) is 41.2 Å². The number of halogens is 1. The van der Waals surface area contributed by atoms with Crippen molar-refractivity contribution in [3.63, 3.8) is 0 Å². The van der Waals surface area contributed by atoms with Gasteiger partial charge in [0.05, 0.1) is 21.8 Å². The van der Waals surface area contributed by atoms with Crippen LogP contribution in [0.5, 0.6) is 0 Å². The van der Waals surface area contributed by atoms with Crippen LogP contribution in [0.2, 0.25) is 5.02 Å². The topological polar surface area (TPSA) is 92.8 Å². The molecule has 2 aromatic carbocycles. The van der Waals surface area contributed by atoms with Crippen LogP contribution < -0.4 is 5.32 Å². The summed E-state index contributed by atoms with van der Waals surface area (Å²) in [6.45, 7) is 3.16. The summed E-state index contributed by atoms with van der Waals surface area (Å²) in [5.41, 5.74) is 0.889. The molecule has 1 N–H and O–H groups in total. The Hall–Kier alpha value is -3.19. The van der Waals surface area contributed by atoms with Gasteiger partial charge in [0.2, 0.25) is 0 Å². The van der Waals surface area contributed by atoms with Gasteiger partial charge in [0.1, 0.15) is 6.04 Å². The molecule has 156 valence electrons. The Balaban J connectivity index is 1.71. The largest absolute Gasteiger partial charge is 0.454 e. The fourth-order valence-electron chi connectivity index (χ4n) is 3.23. The minimum atomic E-state index is -1.12. The van der Waals surface area contributed by atoms with Gasteiger partial charge in [-0.2, -0.15) is 0 Å². The van der Waals surface area contributed by atoms with E-state index in [4.69, 9.17) is 16.3 Å². The van der Waals surface area contributed by atoms with Crippen molar-refractivity contribution in [3.05, 3.63) is 64.7 Å². The second-order valence-electron chi connectivity index (χ2n) is 7.31. The second kappa shape index (κ2) is 9.09. The molecule has 0 saturated carbocycles. The van der Waals surface area contributed by atoms with Gasteiger partial charge in [-0.1, -0.05) is 49.7 Å². The number of carbonyl (C=O) groups is 4. The fraction of sp³-hybridized carbons (Fsp3) is 0.273. The summed E-state index contributed by atoms with van der Waals surface area (Å²) in [7, 11) is 0. The molecule has 3 amide bonds. The van der Waals surface area contributed by atoms with Crippen molar-refractivity contribution >= 4 is 41.0 Å². The normalized spacial score (nSPS) is 13.9. The van der Waals surface area contributed by atoms with Crippen LogP contribution in [0.4, 0.5) is 5.69 Å². The maximum Gasteiger partial charge on any atom is 0.329 e. The quantitative estimate of drug-likeness (QED) is 0.538. The Morgan fingerprint density at radius 2 is 1.57 bits per heavy atom. The van der Waals surface area contributed by atoms with Crippen LogP contribution in [-0.2, 0) is 14.3 Å². The van der Waals surface area contributed by atoms with Crippen LogP contribution >= 0.6 is 11.6 Å². The Morgan fingerprint density at radius 1 is 1.00 bits per heavy atom. The monoisotopic (exact) mass is 428 g/mol. The maximum absolute atomic E-state index is 12.8. The number of nitrogens with one attached hydrogen (secondary N) is 1. The van der Waals surface area contributed by atoms with E-state index in [1.165, 1.54) is 0 Å². The van der Waals surface area contributed by atoms with E-state index in [0.717, 1.165) is 4.90 Å². The molecular formula is C22H21ClN2O5. The van der Waals surface area contributed by atoms with E-state index < -0.39 is 36.3 Å². The molecule has 0 saturated heterocycles. The highest BCUT2D eigenvalue weighted by atomic mass is 35.5. The molecule has 0 aliphatic carbocycles. The number of amides is 3. The zero-order valence-electron chi connectivity index (χ0n) is 16.6. The third-order valence-electron chi connectivity index (χ3n) is 4.60. The molecule has 0 spiro atoms. The summed E-state index contributed by atoms with van der Waals surface area (Å²) < 4.78 is 5.15. The highest BCUT2D eigenvalue weighted by Gasteiger charge is 2.43. The van der Waals surface area contributed by atoms with Gasteiger partial charge in [-0.15, -0.1) is 0 Å². The average Bonchev–Trinajstić information content (AvgIpc) is 2.97. The van der Waals surface area contributed by atoms with E-state index in [0.29, 0.717) is 10.7 Å². The molecule has 0 radical (unpaired) electrons.